The van der Waals surface area contributed by atoms with E-state index in [0.29, 0.717) is 12.1 Å². The Hall–Kier alpha value is -1.02. The van der Waals surface area contributed by atoms with Crippen LogP contribution in [-0.4, -0.2) is 25.1 Å². The van der Waals surface area contributed by atoms with Gasteiger partial charge in [0, 0.05) is 12.1 Å². The maximum absolute atomic E-state index is 5.31. The highest BCUT2D eigenvalue weighted by atomic mass is 16.5. The van der Waals surface area contributed by atoms with Crippen molar-refractivity contribution in [3.63, 3.8) is 0 Å². The van der Waals surface area contributed by atoms with Crippen LogP contribution in [0.15, 0.2) is 18.2 Å². The van der Waals surface area contributed by atoms with E-state index in [-0.39, 0.29) is 0 Å². The van der Waals surface area contributed by atoms with Crippen molar-refractivity contribution in [1.29, 1.82) is 0 Å². The van der Waals surface area contributed by atoms with Crippen LogP contribution >= 0.6 is 0 Å². The van der Waals surface area contributed by atoms with Crippen LogP contribution in [0.1, 0.15) is 43.9 Å². The molecule has 1 atom stereocenters. The fourth-order valence-corrected chi connectivity index (χ4v) is 2.67. The minimum Gasteiger partial charge on any atom is -0.497 e. The van der Waals surface area contributed by atoms with Gasteiger partial charge in [-0.15, -0.1) is 0 Å². The lowest BCUT2D eigenvalue weighted by molar-refractivity contribution is 0.178. The molecule has 0 saturated carbocycles. The Morgan fingerprint density at radius 2 is 2.12 bits per heavy atom. The fourth-order valence-electron chi connectivity index (χ4n) is 2.67. The molecule has 0 spiro atoms. The number of benzene rings is 1. The molecular weight excluding hydrogens is 210 g/mol. The summed E-state index contributed by atoms with van der Waals surface area (Å²) in [5.41, 5.74) is 2.96. The molecule has 0 fully saturated rings. The van der Waals surface area contributed by atoms with Crippen LogP contribution in [0.4, 0.5) is 0 Å². The van der Waals surface area contributed by atoms with Gasteiger partial charge in [-0.3, -0.25) is 4.90 Å². The molecular formula is C15H23NO. The highest BCUT2D eigenvalue weighted by molar-refractivity contribution is 5.39. The van der Waals surface area contributed by atoms with E-state index >= 15 is 0 Å². The number of methoxy groups -OCH3 is 1. The predicted octanol–water partition coefficient (Wildman–Crippen LogP) is 3.41. The van der Waals surface area contributed by atoms with Crippen LogP contribution < -0.4 is 4.74 Å². The molecule has 2 heteroatoms. The summed E-state index contributed by atoms with van der Waals surface area (Å²) in [6.45, 7) is 4.52. The van der Waals surface area contributed by atoms with Crippen LogP contribution in [-0.2, 0) is 6.42 Å². The molecule has 0 bridgehead atoms. The standard InChI is InChI=1S/C15H23NO/c1-11(2)16(3)15-7-5-6-12-10-13(17-4)8-9-14(12)15/h8-11,15H,5-7H2,1-4H3. The quantitative estimate of drug-likeness (QED) is 0.793. The van der Waals surface area contributed by atoms with Crippen LogP contribution in [0.2, 0.25) is 0 Å². The summed E-state index contributed by atoms with van der Waals surface area (Å²) in [4.78, 5) is 2.48. The molecule has 1 aliphatic rings. The molecule has 0 amide bonds. The van der Waals surface area contributed by atoms with Crippen molar-refractivity contribution in [2.45, 2.75) is 45.2 Å². The van der Waals surface area contributed by atoms with Gasteiger partial charge in [-0.2, -0.15) is 0 Å². The van der Waals surface area contributed by atoms with E-state index < -0.39 is 0 Å². The fraction of sp³-hybridized carbons (Fsp3) is 0.600. The van der Waals surface area contributed by atoms with Crippen molar-refractivity contribution in [1.82, 2.24) is 4.90 Å². The summed E-state index contributed by atoms with van der Waals surface area (Å²) < 4.78 is 5.31. The molecule has 2 rings (SSSR count). The molecule has 0 aliphatic heterocycles. The number of nitrogens with zero attached hydrogens (tertiary/aromatic N) is 1. The number of rotatable bonds is 3. The second-order valence-electron chi connectivity index (χ2n) is 5.23. The van der Waals surface area contributed by atoms with Crippen LogP contribution in [0.5, 0.6) is 5.75 Å². The third kappa shape index (κ3) is 2.47. The molecule has 1 aliphatic carbocycles. The predicted molar refractivity (Wildman–Crippen MR) is 71.6 cm³/mol. The van der Waals surface area contributed by atoms with Crippen molar-refractivity contribution in [3.05, 3.63) is 29.3 Å². The van der Waals surface area contributed by atoms with Crippen molar-refractivity contribution >= 4 is 0 Å². The molecule has 1 aromatic rings. The molecule has 0 radical (unpaired) electrons. The highest BCUT2D eigenvalue weighted by Crippen LogP contribution is 2.36. The SMILES string of the molecule is COc1ccc2c(c1)CCCC2N(C)C(C)C. The lowest BCUT2D eigenvalue weighted by Crippen LogP contribution is -2.33. The Kier molecular flexibility index (Phi) is 3.72. The first-order chi connectivity index (χ1) is 8.13. The maximum atomic E-state index is 5.31. The summed E-state index contributed by atoms with van der Waals surface area (Å²) in [5.74, 6) is 0.983. The molecule has 2 nitrogen and oxygen atoms in total. The Morgan fingerprint density at radius 1 is 1.35 bits per heavy atom. The first-order valence-electron chi connectivity index (χ1n) is 6.52. The van der Waals surface area contributed by atoms with Gasteiger partial charge in [-0.25, -0.2) is 0 Å². The van der Waals surface area contributed by atoms with Gasteiger partial charge < -0.3 is 4.74 Å². The largest absolute Gasteiger partial charge is 0.497 e. The molecule has 17 heavy (non-hydrogen) atoms. The maximum Gasteiger partial charge on any atom is 0.119 e. The van der Waals surface area contributed by atoms with Crippen molar-refractivity contribution in [2.24, 2.45) is 0 Å². The number of ether oxygens (including phenoxy) is 1. The van der Waals surface area contributed by atoms with Gasteiger partial charge in [-0.1, -0.05) is 6.07 Å². The zero-order valence-electron chi connectivity index (χ0n) is 11.4. The minimum absolute atomic E-state index is 0.574. The third-order valence-corrected chi connectivity index (χ3v) is 3.94. The molecule has 0 heterocycles. The Balaban J connectivity index is 2.31. The Bertz CT molecular complexity index is 387. The lowest BCUT2D eigenvalue weighted by Gasteiger charge is -2.35. The van der Waals surface area contributed by atoms with Crippen LogP contribution in [0.3, 0.4) is 0 Å². The van der Waals surface area contributed by atoms with Crippen LogP contribution in [0, 0.1) is 0 Å². The zero-order valence-corrected chi connectivity index (χ0v) is 11.4. The summed E-state index contributed by atoms with van der Waals surface area (Å²) >= 11 is 0. The average molecular weight is 233 g/mol. The van der Waals surface area contributed by atoms with Crippen molar-refractivity contribution < 1.29 is 4.74 Å². The summed E-state index contributed by atoms with van der Waals surface area (Å²) in [5, 5.41) is 0. The minimum atomic E-state index is 0.574. The van der Waals surface area contributed by atoms with Crippen molar-refractivity contribution in [2.75, 3.05) is 14.2 Å². The third-order valence-electron chi connectivity index (χ3n) is 3.94. The number of aryl methyl sites for hydroxylation is 1. The second kappa shape index (κ2) is 5.09. The van der Waals surface area contributed by atoms with Crippen LogP contribution in [0.25, 0.3) is 0 Å². The topological polar surface area (TPSA) is 12.5 Å². The van der Waals surface area contributed by atoms with Gasteiger partial charge in [0.05, 0.1) is 7.11 Å². The molecule has 0 aromatic heterocycles. The average Bonchev–Trinajstić information content (AvgIpc) is 2.36. The first kappa shape index (κ1) is 12.4. The molecule has 94 valence electrons. The first-order valence-corrected chi connectivity index (χ1v) is 6.52. The highest BCUT2D eigenvalue weighted by Gasteiger charge is 2.25. The van der Waals surface area contributed by atoms with E-state index in [1.165, 1.54) is 30.4 Å². The Labute approximate surface area is 105 Å². The van der Waals surface area contributed by atoms with E-state index in [9.17, 15) is 0 Å². The molecule has 1 aromatic carbocycles. The smallest absolute Gasteiger partial charge is 0.119 e. The van der Waals surface area contributed by atoms with Gasteiger partial charge in [0.15, 0.2) is 0 Å². The van der Waals surface area contributed by atoms with Gasteiger partial charge in [0.25, 0.3) is 0 Å². The summed E-state index contributed by atoms with van der Waals surface area (Å²) in [6.07, 6.45) is 3.74. The zero-order chi connectivity index (χ0) is 12.4. The summed E-state index contributed by atoms with van der Waals surface area (Å²) in [7, 11) is 3.97. The van der Waals surface area contributed by atoms with E-state index in [4.69, 9.17) is 4.74 Å². The van der Waals surface area contributed by atoms with Gasteiger partial charge in [0.2, 0.25) is 0 Å². The van der Waals surface area contributed by atoms with E-state index in [1.807, 2.05) is 0 Å². The summed E-state index contributed by atoms with van der Waals surface area (Å²) in [6, 6.07) is 7.70. The molecule has 1 unspecified atom stereocenters. The molecule has 0 saturated heterocycles. The van der Waals surface area contributed by atoms with E-state index in [2.05, 4.69) is 44.0 Å². The van der Waals surface area contributed by atoms with E-state index in [1.54, 1.807) is 7.11 Å². The number of hydrogen-bond donors (Lipinski definition) is 0. The van der Waals surface area contributed by atoms with Gasteiger partial charge in [0.1, 0.15) is 5.75 Å². The number of fused-ring (bicyclic) bond motifs is 1. The monoisotopic (exact) mass is 233 g/mol. The van der Waals surface area contributed by atoms with Gasteiger partial charge >= 0.3 is 0 Å². The Morgan fingerprint density at radius 3 is 2.76 bits per heavy atom. The molecule has 0 N–H and O–H groups in total. The normalized spacial score (nSPS) is 19.5. The van der Waals surface area contributed by atoms with Gasteiger partial charge in [-0.05, 0) is 63.4 Å². The van der Waals surface area contributed by atoms with Crippen molar-refractivity contribution in [3.8, 4) is 5.75 Å². The number of hydrogen-bond acceptors (Lipinski definition) is 2. The second-order valence-corrected chi connectivity index (χ2v) is 5.23. The van der Waals surface area contributed by atoms with E-state index in [0.717, 1.165) is 5.75 Å². The lowest BCUT2D eigenvalue weighted by atomic mass is 9.86.